The number of anilines is 1. The van der Waals surface area contributed by atoms with E-state index in [-0.39, 0.29) is 21.4 Å². The number of carbonyl (C=O) groups is 1. The fourth-order valence-corrected chi connectivity index (χ4v) is 3.61. The minimum absolute atomic E-state index is 0.0383. The average Bonchev–Trinajstić information content (AvgIpc) is 3.08. The van der Waals surface area contributed by atoms with Gasteiger partial charge in [-0.25, -0.2) is 9.37 Å². The van der Waals surface area contributed by atoms with Gasteiger partial charge in [0.2, 0.25) is 0 Å². The number of alkyl halides is 3. The molecule has 0 saturated heterocycles. The highest BCUT2D eigenvalue weighted by Gasteiger charge is 2.42. The molecule has 0 N–H and O–H groups in total. The van der Waals surface area contributed by atoms with Crippen LogP contribution < -0.4 is 4.90 Å². The third-order valence-electron chi connectivity index (χ3n) is 4.26. The summed E-state index contributed by atoms with van der Waals surface area (Å²) in [4.78, 5) is 18.0. The molecule has 158 valence electrons. The molecule has 0 aliphatic rings. The Labute approximate surface area is 179 Å². The van der Waals surface area contributed by atoms with Crippen LogP contribution in [0.3, 0.4) is 0 Å². The van der Waals surface area contributed by atoms with Gasteiger partial charge in [-0.05, 0) is 50.2 Å². The number of nitrogens with zero attached hydrogens (tertiary/aromatic N) is 3. The predicted molar refractivity (Wildman–Crippen MR) is 107 cm³/mol. The lowest BCUT2D eigenvalue weighted by molar-refractivity contribution is -0.142. The van der Waals surface area contributed by atoms with E-state index in [9.17, 15) is 22.4 Å². The van der Waals surface area contributed by atoms with Crippen LogP contribution in [0.1, 0.15) is 30.0 Å². The molecule has 0 atom stereocenters. The van der Waals surface area contributed by atoms with Crippen molar-refractivity contribution in [3.8, 4) is 5.69 Å². The van der Waals surface area contributed by atoms with Gasteiger partial charge < -0.3 is 4.90 Å². The van der Waals surface area contributed by atoms with Gasteiger partial charge in [-0.15, -0.1) is 0 Å². The van der Waals surface area contributed by atoms with E-state index in [0.29, 0.717) is 4.57 Å². The molecule has 0 unspecified atom stereocenters. The number of aromatic nitrogens is 2. The quantitative estimate of drug-likeness (QED) is 0.423. The molecular formula is C20H15Cl2F4N3O. The Morgan fingerprint density at radius 1 is 1.07 bits per heavy atom. The zero-order valence-electron chi connectivity index (χ0n) is 15.7. The maximum absolute atomic E-state index is 14.0. The maximum atomic E-state index is 14.0. The highest BCUT2D eigenvalue weighted by Crippen LogP contribution is 2.38. The van der Waals surface area contributed by atoms with Gasteiger partial charge in [0.25, 0.3) is 5.91 Å². The van der Waals surface area contributed by atoms with E-state index < -0.39 is 35.3 Å². The van der Waals surface area contributed by atoms with Crippen LogP contribution in [-0.4, -0.2) is 21.5 Å². The molecule has 10 heteroatoms. The van der Waals surface area contributed by atoms with Gasteiger partial charge in [0.05, 0.1) is 15.7 Å². The van der Waals surface area contributed by atoms with Gasteiger partial charge in [0.15, 0.2) is 11.4 Å². The fraction of sp³-hybridized carbons (Fsp3) is 0.200. The molecule has 30 heavy (non-hydrogen) atoms. The first-order valence-electron chi connectivity index (χ1n) is 8.70. The average molecular weight is 460 g/mol. The molecular weight excluding hydrogens is 445 g/mol. The van der Waals surface area contributed by atoms with Crippen molar-refractivity contribution in [2.24, 2.45) is 0 Å². The van der Waals surface area contributed by atoms with Crippen LogP contribution in [0.2, 0.25) is 10.0 Å². The number of rotatable bonds is 4. The van der Waals surface area contributed by atoms with Crippen LogP contribution in [0.4, 0.5) is 23.2 Å². The molecule has 4 nitrogen and oxygen atoms in total. The molecule has 1 heterocycles. The van der Waals surface area contributed by atoms with Gasteiger partial charge in [0, 0.05) is 11.7 Å². The largest absolute Gasteiger partial charge is 0.434 e. The Kier molecular flexibility index (Phi) is 6.10. The topological polar surface area (TPSA) is 38.1 Å². The van der Waals surface area contributed by atoms with E-state index >= 15 is 0 Å². The highest BCUT2D eigenvalue weighted by molar-refractivity contribution is 6.37. The lowest BCUT2D eigenvalue weighted by Crippen LogP contribution is -2.38. The first-order valence-corrected chi connectivity index (χ1v) is 9.46. The first-order chi connectivity index (χ1) is 14.0. The number of para-hydroxylation sites is 1. The molecule has 1 amide bonds. The summed E-state index contributed by atoms with van der Waals surface area (Å²) in [7, 11) is 0. The van der Waals surface area contributed by atoms with Crippen molar-refractivity contribution in [2.75, 3.05) is 4.90 Å². The second-order valence-electron chi connectivity index (χ2n) is 6.63. The first kappa shape index (κ1) is 22.1. The monoisotopic (exact) mass is 459 g/mol. The van der Waals surface area contributed by atoms with E-state index in [2.05, 4.69) is 4.98 Å². The molecule has 0 saturated carbocycles. The third-order valence-corrected chi connectivity index (χ3v) is 4.87. The SMILES string of the molecule is CC(C)N(C(=O)c1ncn(-c2c(Cl)cccc2Cl)c1C(F)(F)F)c1ccc(F)cc1. The molecule has 3 aromatic rings. The summed E-state index contributed by atoms with van der Waals surface area (Å²) in [5.41, 5.74) is -2.04. The normalized spacial score (nSPS) is 11.8. The van der Waals surface area contributed by atoms with Crippen LogP contribution in [-0.2, 0) is 6.18 Å². The zero-order valence-corrected chi connectivity index (χ0v) is 17.2. The zero-order chi connectivity index (χ0) is 22.2. The number of carbonyl (C=O) groups excluding carboxylic acids is 1. The Bertz CT molecular complexity index is 1060. The van der Waals surface area contributed by atoms with Gasteiger partial charge >= 0.3 is 6.18 Å². The van der Waals surface area contributed by atoms with E-state index in [1.54, 1.807) is 13.8 Å². The van der Waals surface area contributed by atoms with Crippen LogP contribution in [0, 0.1) is 5.82 Å². The van der Waals surface area contributed by atoms with E-state index in [0.717, 1.165) is 23.4 Å². The Hall–Kier alpha value is -2.58. The maximum Gasteiger partial charge on any atom is 0.434 e. The lowest BCUT2D eigenvalue weighted by atomic mass is 10.2. The van der Waals surface area contributed by atoms with Crippen molar-refractivity contribution < 1.29 is 22.4 Å². The summed E-state index contributed by atoms with van der Waals surface area (Å²) in [6, 6.07) is 8.56. The minimum atomic E-state index is -4.94. The van der Waals surface area contributed by atoms with Gasteiger partial charge in [-0.2, -0.15) is 13.2 Å². The Morgan fingerprint density at radius 3 is 2.13 bits per heavy atom. The standard InChI is InChI=1S/C20H15Cl2F4N3O/c1-11(2)29(13-8-6-12(23)7-9-13)19(30)16-18(20(24,25)26)28(10-27-16)17-14(21)4-3-5-15(17)22/h3-11H,1-2H3. The van der Waals surface area contributed by atoms with Gasteiger partial charge in [-0.1, -0.05) is 29.3 Å². The van der Waals surface area contributed by atoms with Crippen molar-refractivity contribution in [3.63, 3.8) is 0 Å². The Morgan fingerprint density at radius 2 is 1.63 bits per heavy atom. The van der Waals surface area contributed by atoms with E-state index in [1.165, 1.54) is 30.3 Å². The number of imidazole rings is 1. The second-order valence-corrected chi connectivity index (χ2v) is 7.44. The summed E-state index contributed by atoms with van der Waals surface area (Å²) in [6.45, 7) is 3.24. The molecule has 0 aliphatic carbocycles. The number of halogens is 6. The molecule has 0 aliphatic heterocycles. The molecule has 3 rings (SSSR count). The highest BCUT2D eigenvalue weighted by atomic mass is 35.5. The van der Waals surface area contributed by atoms with Crippen LogP contribution in [0.5, 0.6) is 0 Å². The summed E-state index contributed by atoms with van der Waals surface area (Å²) in [6.07, 6.45) is -4.08. The summed E-state index contributed by atoms with van der Waals surface area (Å²) >= 11 is 12.1. The number of hydrogen-bond acceptors (Lipinski definition) is 2. The van der Waals surface area contributed by atoms with E-state index in [4.69, 9.17) is 23.2 Å². The molecule has 0 bridgehead atoms. The molecule has 2 aromatic carbocycles. The van der Waals surface area contributed by atoms with Crippen molar-refractivity contribution in [3.05, 3.63) is 76.0 Å². The van der Waals surface area contributed by atoms with E-state index in [1.807, 2.05) is 0 Å². The smallest absolute Gasteiger partial charge is 0.304 e. The molecule has 0 spiro atoms. The van der Waals surface area contributed by atoms with Crippen molar-refractivity contribution in [1.82, 2.24) is 9.55 Å². The van der Waals surface area contributed by atoms with Crippen LogP contribution in [0.15, 0.2) is 48.8 Å². The number of amides is 1. The number of benzene rings is 2. The minimum Gasteiger partial charge on any atom is -0.304 e. The summed E-state index contributed by atoms with van der Waals surface area (Å²) < 4.78 is 55.9. The third kappa shape index (κ3) is 4.15. The van der Waals surface area contributed by atoms with Gasteiger partial charge in [-0.3, -0.25) is 9.36 Å². The van der Waals surface area contributed by atoms with Crippen molar-refractivity contribution in [2.45, 2.75) is 26.1 Å². The van der Waals surface area contributed by atoms with Gasteiger partial charge in [0.1, 0.15) is 12.1 Å². The predicted octanol–water partition coefficient (Wildman–Crippen LogP) is 6.39. The van der Waals surface area contributed by atoms with Crippen LogP contribution >= 0.6 is 23.2 Å². The lowest BCUT2D eigenvalue weighted by Gasteiger charge is -2.27. The van der Waals surface area contributed by atoms with Crippen LogP contribution in [0.25, 0.3) is 5.69 Å². The molecule has 0 radical (unpaired) electrons. The van der Waals surface area contributed by atoms with Crippen molar-refractivity contribution in [1.29, 1.82) is 0 Å². The number of hydrogen-bond donors (Lipinski definition) is 0. The fourth-order valence-electron chi connectivity index (χ4n) is 3.03. The second kappa shape index (κ2) is 8.28. The summed E-state index contributed by atoms with van der Waals surface area (Å²) in [5, 5.41) is -0.0766. The van der Waals surface area contributed by atoms with Crippen molar-refractivity contribution >= 4 is 34.8 Å². The molecule has 1 aromatic heterocycles. The summed E-state index contributed by atoms with van der Waals surface area (Å²) in [5.74, 6) is -1.53. The molecule has 0 fully saturated rings. The Balaban J connectivity index is 2.19.